The molecule has 4 rings (SSSR count). The van der Waals surface area contributed by atoms with E-state index in [1.807, 2.05) is 30.3 Å². The van der Waals surface area contributed by atoms with Gasteiger partial charge in [0.05, 0.1) is 16.9 Å². The van der Waals surface area contributed by atoms with E-state index in [4.69, 9.17) is 5.73 Å². The maximum absolute atomic E-state index is 13.4. The van der Waals surface area contributed by atoms with Gasteiger partial charge in [-0.1, -0.05) is 48.5 Å². The lowest BCUT2D eigenvalue weighted by Gasteiger charge is -2.34. The zero-order chi connectivity index (χ0) is 19.9. The molecule has 3 unspecified atom stereocenters. The second-order valence-corrected chi connectivity index (χ2v) is 8.66. The summed E-state index contributed by atoms with van der Waals surface area (Å²) in [5.74, 6) is -1.23. The molecule has 0 aromatic heterocycles. The normalized spacial score (nSPS) is 24.6. The molecule has 0 radical (unpaired) electrons. The van der Waals surface area contributed by atoms with E-state index in [1.165, 1.54) is 28.7 Å². The van der Waals surface area contributed by atoms with Crippen molar-refractivity contribution in [2.24, 2.45) is 11.7 Å². The van der Waals surface area contributed by atoms with Crippen molar-refractivity contribution in [1.29, 1.82) is 0 Å². The number of carbonyl (C=O) groups is 1. The first-order valence-electron chi connectivity index (χ1n) is 8.93. The predicted octanol–water partition coefficient (Wildman–Crippen LogP) is 1.55. The van der Waals surface area contributed by atoms with E-state index in [9.17, 15) is 18.3 Å². The first-order chi connectivity index (χ1) is 13.4. The average Bonchev–Trinajstić information content (AvgIpc) is 3.14. The number of ketones is 1. The van der Waals surface area contributed by atoms with Crippen molar-refractivity contribution >= 4 is 21.4 Å². The molecule has 0 fully saturated rings. The van der Waals surface area contributed by atoms with Crippen LogP contribution in [-0.2, 0) is 14.8 Å². The monoisotopic (exact) mass is 396 g/mol. The Morgan fingerprint density at radius 1 is 1.00 bits per heavy atom. The Balaban J connectivity index is 1.91. The van der Waals surface area contributed by atoms with Gasteiger partial charge in [-0.2, -0.15) is 0 Å². The molecule has 0 saturated heterocycles. The SMILES string of the molecule is NCC1=CC(O)C(=O)C2C(c3ccccc3)=CN(S(=O)(=O)c3ccccc3)C12. The van der Waals surface area contributed by atoms with Gasteiger partial charge in [0.25, 0.3) is 10.0 Å². The predicted molar refractivity (Wildman–Crippen MR) is 105 cm³/mol. The molecule has 0 bridgehead atoms. The highest BCUT2D eigenvalue weighted by Gasteiger charge is 2.50. The Hall–Kier alpha value is -2.74. The number of benzene rings is 2. The van der Waals surface area contributed by atoms with Crippen molar-refractivity contribution in [2.75, 3.05) is 6.54 Å². The fraction of sp³-hybridized carbons (Fsp3) is 0.190. The van der Waals surface area contributed by atoms with E-state index in [2.05, 4.69) is 0 Å². The third kappa shape index (κ3) is 2.88. The molecular weight excluding hydrogens is 376 g/mol. The minimum atomic E-state index is -3.91. The van der Waals surface area contributed by atoms with Gasteiger partial charge in [-0.25, -0.2) is 8.42 Å². The van der Waals surface area contributed by atoms with Gasteiger partial charge < -0.3 is 10.8 Å². The Kier molecular flexibility index (Phi) is 4.66. The van der Waals surface area contributed by atoms with E-state index in [1.54, 1.807) is 18.2 Å². The summed E-state index contributed by atoms with van der Waals surface area (Å²) in [6.07, 6.45) is 1.58. The van der Waals surface area contributed by atoms with Crippen LogP contribution in [0.4, 0.5) is 0 Å². The molecule has 0 saturated carbocycles. The summed E-state index contributed by atoms with van der Waals surface area (Å²) in [5, 5.41) is 10.2. The molecule has 1 heterocycles. The largest absolute Gasteiger partial charge is 0.381 e. The Morgan fingerprint density at radius 2 is 1.61 bits per heavy atom. The third-order valence-corrected chi connectivity index (χ3v) is 6.96. The van der Waals surface area contributed by atoms with Crippen molar-refractivity contribution < 1.29 is 18.3 Å². The fourth-order valence-electron chi connectivity index (χ4n) is 3.88. The van der Waals surface area contributed by atoms with Crippen LogP contribution in [0.5, 0.6) is 0 Å². The molecule has 7 heteroatoms. The maximum atomic E-state index is 13.4. The molecule has 0 amide bonds. The van der Waals surface area contributed by atoms with E-state index in [-0.39, 0.29) is 11.4 Å². The highest BCUT2D eigenvalue weighted by atomic mass is 32.2. The maximum Gasteiger partial charge on any atom is 0.264 e. The Bertz CT molecular complexity index is 1060. The van der Waals surface area contributed by atoms with Crippen molar-refractivity contribution in [1.82, 2.24) is 4.31 Å². The number of aliphatic hydroxyl groups is 1. The number of aliphatic hydroxyl groups excluding tert-OH is 1. The van der Waals surface area contributed by atoms with Crippen LogP contribution >= 0.6 is 0 Å². The van der Waals surface area contributed by atoms with E-state index in [0.29, 0.717) is 11.1 Å². The van der Waals surface area contributed by atoms with Crippen LogP contribution in [0.2, 0.25) is 0 Å². The van der Waals surface area contributed by atoms with Gasteiger partial charge in [0.2, 0.25) is 0 Å². The molecule has 2 aromatic carbocycles. The molecule has 3 N–H and O–H groups in total. The van der Waals surface area contributed by atoms with Crippen molar-refractivity contribution in [3.8, 4) is 0 Å². The summed E-state index contributed by atoms with van der Waals surface area (Å²) >= 11 is 0. The number of fused-ring (bicyclic) bond motifs is 1. The number of sulfonamides is 1. The van der Waals surface area contributed by atoms with Crippen molar-refractivity contribution in [2.45, 2.75) is 17.0 Å². The standard InChI is InChI=1S/C21H20N2O4S/c22-12-15-11-18(24)21(25)19-17(14-7-3-1-4-8-14)13-23(20(15)19)28(26,27)16-9-5-2-6-10-16/h1-11,13,18-20,24H,12,22H2. The summed E-state index contributed by atoms with van der Waals surface area (Å²) < 4.78 is 27.9. The summed E-state index contributed by atoms with van der Waals surface area (Å²) in [7, 11) is -3.91. The summed E-state index contributed by atoms with van der Waals surface area (Å²) in [4.78, 5) is 13.0. The molecule has 0 spiro atoms. The van der Waals surface area contributed by atoms with Gasteiger partial charge in [0.15, 0.2) is 5.78 Å². The van der Waals surface area contributed by atoms with Gasteiger partial charge in [-0.05, 0) is 34.9 Å². The Labute approximate surface area is 163 Å². The topological polar surface area (TPSA) is 101 Å². The first-order valence-corrected chi connectivity index (χ1v) is 10.4. The lowest BCUT2D eigenvalue weighted by molar-refractivity contribution is -0.128. The van der Waals surface area contributed by atoms with E-state index in [0.717, 1.165) is 5.56 Å². The molecule has 2 aromatic rings. The smallest absolute Gasteiger partial charge is 0.264 e. The van der Waals surface area contributed by atoms with Gasteiger partial charge in [-0.15, -0.1) is 0 Å². The summed E-state index contributed by atoms with van der Waals surface area (Å²) in [6.45, 7) is 0.0439. The molecule has 28 heavy (non-hydrogen) atoms. The molecular formula is C21H20N2O4S. The van der Waals surface area contributed by atoms with Crippen LogP contribution in [-0.4, -0.2) is 42.3 Å². The number of carbonyl (C=O) groups excluding carboxylic acids is 1. The lowest BCUT2D eigenvalue weighted by Crippen LogP contribution is -2.48. The van der Waals surface area contributed by atoms with Crippen LogP contribution in [0, 0.1) is 5.92 Å². The number of hydrogen-bond acceptors (Lipinski definition) is 5. The Morgan fingerprint density at radius 3 is 2.21 bits per heavy atom. The molecule has 2 aliphatic rings. The van der Waals surface area contributed by atoms with Crippen LogP contribution in [0.1, 0.15) is 5.56 Å². The minimum absolute atomic E-state index is 0.0439. The molecule has 1 aliphatic heterocycles. The van der Waals surface area contributed by atoms with Crippen LogP contribution in [0.15, 0.2) is 83.4 Å². The lowest BCUT2D eigenvalue weighted by atomic mass is 9.77. The number of Topliss-reactive ketones (excluding diaryl/α,β-unsaturated/α-hetero) is 1. The quantitative estimate of drug-likeness (QED) is 0.764. The van der Waals surface area contributed by atoms with E-state index < -0.39 is 33.9 Å². The highest BCUT2D eigenvalue weighted by molar-refractivity contribution is 7.89. The molecule has 144 valence electrons. The van der Waals surface area contributed by atoms with Crippen molar-refractivity contribution in [3.63, 3.8) is 0 Å². The van der Waals surface area contributed by atoms with E-state index >= 15 is 0 Å². The second kappa shape index (κ2) is 7.01. The average molecular weight is 396 g/mol. The molecule has 1 aliphatic carbocycles. The minimum Gasteiger partial charge on any atom is -0.381 e. The zero-order valence-electron chi connectivity index (χ0n) is 15.0. The van der Waals surface area contributed by atoms with Gasteiger partial charge >= 0.3 is 0 Å². The number of rotatable bonds is 4. The summed E-state index contributed by atoms with van der Waals surface area (Å²) in [5.41, 5.74) is 7.69. The van der Waals surface area contributed by atoms with Gasteiger partial charge in [-0.3, -0.25) is 9.10 Å². The van der Waals surface area contributed by atoms with Crippen molar-refractivity contribution in [3.05, 3.63) is 84.1 Å². The van der Waals surface area contributed by atoms with Gasteiger partial charge in [0.1, 0.15) is 6.10 Å². The third-order valence-electron chi connectivity index (χ3n) is 5.20. The van der Waals surface area contributed by atoms with Crippen LogP contribution < -0.4 is 5.73 Å². The number of nitrogens with two attached hydrogens (primary N) is 1. The number of hydrogen-bond donors (Lipinski definition) is 2. The number of nitrogens with zero attached hydrogens (tertiary/aromatic N) is 1. The van der Waals surface area contributed by atoms with Crippen LogP contribution in [0.25, 0.3) is 5.57 Å². The fourth-order valence-corrected chi connectivity index (χ4v) is 5.43. The first kappa shape index (κ1) is 18.6. The summed E-state index contributed by atoms with van der Waals surface area (Å²) in [6, 6.07) is 16.4. The van der Waals surface area contributed by atoms with Gasteiger partial charge in [0, 0.05) is 12.7 Å². The second-order valence-electron chi connectivity index (χ2n) is 6.81. The molecule has 6 nitrogen and oxygen atoms in total. The molecule has 3 atom stereocenters. The zero-order valence-corrected chi connectivity index (χ0v) is 15.8. The highest BCUT2D eigenvalue weighted by Crippen LogP contribution is 2.44. The van der Waals surface area contributed by atoms with Crippen LogP contribution in [0.3, 0.4) is 0 Å².